The first-order valence-corrected chi connectivity index (χ1v) is 9.16. The standard InChI is InChI=1S/C19H15ClF6N4O2/c1-2-32-17(31)15(16-28-8-11(20)9-29-16)13(7-14(27)19(24,25)26)30-12-5-3-10(4-6-12)18(21,22)23/h3-9,15,27,30H,2H2,1H3/b13-7-,27-14?. The van der Waals surface area contributed by atoms with Gasteiger partial charge in [0.05, 0.1) is 17.2 Å². The molecule has 0 aliphatic rings. The molecule has 0 radical (unpaired) electrons. The van der Waals surface area contributed by atoms with Gasteiger partial charge in [-0.2, -0.15) is 26.3 Å². The maximum Gasteiger partial charge on any atom is 0.432 e. The lowest BCUT2D eigenvalue weighted by Gasteiger charge is -2.20. The number of ether oxygens (including phenoxy) is 1. The molecule has 1 unspecified atom stereocenters. The highest BCUT2D eigenvalue weighted by Crippen LogP contribution is 2.32. The van der Waals surface area contributed by atoms with Crippen molar-refractivity contribution in [3.63, 3.8) is 0 Å². The van der Waals surface area contributed by atoms with Crippen LogP contribution in [-0.2, 0) is 15.7 Å². The fourth-order valence-corrected chi connectivity index (χ4v) is 2.50. The number of anilines is 1. The van der Waals surface area contributed by atoms with Crippen LogP contribution in [0.2, 0.25) is 5.02 Å². The Balaban J connectivity index is 2.56. The van der Waals surface area contributed by atoms with E-state index in [1.54, 1.807) is 0 Å². The summed E-state index contributed by atoms with van der Waals surface area (Å²) in [5.41, 5.74) is -3.43. The molecule has 0 fully saturated rings. The van der Waals surface area contributed by atoms with Gasteiger partial charge in [-0.3, -0.25) is 10.2 Å². The lowest BCUT2D eigenvalue weighted by Crippen LogP contribution is -2.27. The number of alkyl halides is 6. The second-order valence-electron chi connectivity index (χ2n) is 6.16. The number of rotatable bonds is 7. The van der Waals surface area contributed by atoms with Gasteiger partial charge >= 0.3 is 18.3 Å². The summed E-state index contributed by atoms with van der Waals surface area (Å²) in [6.07, 6.45) is -7.17. The van der Waals surface area contributed by atoms with Crippen LogP contribution in [0.1, 0.15) is 24.2 Å². The zero-order valence-electron chi connectivity index (χ0n) is 16.2. The summed E-state index contributed by atoms with van der Waals surface area (Å²) >= 11 is 5.72. The summed E-state index contributed by atoms with van der Waals surface area (Å²) in [5.74, 6) is -3.00. The van der Waals surface area contributed by atoms with Gasteiger partial charge in [-0.1, -0.05) is 11.6 Å². The Kier molecular flexibility index (Phi) is 7.83. The molecule has 2 N–H and O–H groups in total. The highest BCUT2D eigenvalue weighted by molar-refractivity contribution is 6.30. The van der Waals surface area contributed by atoms with E-state index >= 15 is 0 Å². The Labute approximate surface area is 182 Å². The molecule has 0 bridgehead atoms. The van der Waals surface area contributed by atoms with Gasteiger partial charge in [-0.05, 0) is 37.3 Å². The van der Waals surface area contributed by atoms with E-state index in [-0.39, 0.29) is 23.1 Å². The summed E-state index contributed by atoms with van der Waals surface area (Å²) in [5, 5.41) is 9.82. The van der Waals surface area contributed by atoms with Crippen molar-refractivity contribution in [1.29, 1.82) is 5.41 Å². The first kappa shape index (κ1) is 25.1. The normalized spacial score (nSPS) is 13.4. The number of carbonyl (C=O) groups excluding carboxylic acids is 1. The summed E-state index contributed by atoms with van der Waals surface area (Å²) in [4.78, 5) is 20.2. The number of halogens is 7. The van der Waals surface area contributed by atoms with E-state index in [0.717, 1.165) is 24.5 Å². The molecule has 0 amide bonds. The Hall–Kier alpha value is -3.15. The van der Waals surface area contributed by atoms with Gasteiger partial charge in [0.25, 0.3) is 0 Å². The predicted molar refractivity (Wildman–Crippen MR) is 103 cm³/mol. The van der Waals surface area contributed by atoms with Gasteiger partial charge in [-0.25, -0.2) is 9.97 Å². The average molecular weight is 481 g/mol. The van der Waals surface area contributed by atoms with Crippen molar-refractivity contribution < 1.29 is 35.9 Å². The molecule has 1 atom stereocenters. The summed E-state index contributed by atoms with van der Waals surface area (Å²) in [6.45, 7) is 1.33. The van der Waals surface area contributed by atoms with Crippen LogP contribution in [0.15, 0.2) is 48.4 Å². The largest absolute Gasteiger partial charge is 0.465 e. The first-order chi connectivity index (χ1) is 14.8. The molecule has 0 aliphatic carbocycles. The van der Waals surface area contributed by atoms with Crippen molar-refractivity contribution in [2.24, 2.45) is 0 Å². The van der Waals surface area contributed by atoms with Crippen LogP contribution >= 0.6 is 11.6 Å². The molecule has 1 heterocycles. The van der Waals surface area contributed by atoms with Gasteiger partial charge in [0.1, 0.15) is 11.5 Å². The molecule has 0 aliphatic heterocycles. The first-order valence-electron chi connectivity index (χ1n) is 8.78. The lowest BCUT2D eigenvalue weighted by molar-refractivity contribution is -0.144. The maximum atomic E-state index is 13.0. The molecule has 2 aromatic rings. The number of benzene rings is 1. The minimum atomic E-state index is -5.06. The Morgan fingerprint density at radius 1 is 1.16 bits per heavy atom. The zero-order chi connectivity index (χ0) is 24.1. The van der Waals surface area contributed by atoms with Crippen molar-refractivity contribution in [3.05, 3.63) is 64.8 Å². The molecule has 2 rings (SSSR count). The molecule has 172 valence electrons. The number of esters is 1. The molecule has 6 nitrogen and oxygen atoms in total. The van der Waals surface area contributed by atoms with Crippen molar-refractivity contribution >= 4 is 29.0 Å². The van der Waals surface area contributed by atoms with Crippen LogP contribution < -0.4 is 5.32 Å². The van der Waals surface area contributed by atoms with E-state index in [1.165, 1.54) is 6.92 Å². The minimum absolute atomic E-state index is 0.0810. The molecule has 1 aromatic carbocycles. The molecule has 13 heteroatoms. The fraction of sp³-hybridized carbons (Fsp3) is 0.263. The SMILES string of the molecule is CCOC(=O)C(/C(=C/C(=N)C(F)(F)F)Nc1ccc(C(F)(F)F)cc1)c1ncc(Cl)cn1. The van der Waals surface area contributed by atoms with Gasteiger partial charge in [-0.15, -0.1) is 0 Å². The number of aromatic nitrogens is 2. The topological polar surface area (TPSA) is 88.0 Å². The average Bonchev–Trinajstić information content (AvgIpc) is 2.69. The smallest absolute Gasteiger partial charge is 0.432 e. The Bertz CT molecular complexity index is 989. The van der Waals surface area contributed by atoms with Crippen LogP contribution in [-0.4, -0.2) is 34.4 Å². The van der Waals surface area contributed by atoms with Crippen LogP contribution in [0, 0.1) is 5.41 Å². The van der Waals surface area contributed by atoms with E-state index in [1.807, 2.05) is 0 Å². The minimum Gasteiger partial charge on any atom is -0.465 e. The third-order valence-corrected chi connectivity index (χ3v) is 4.03. The molecule has 32 heavy (non-hydrogen) atoms. The molecule has 0 saturated heterocycles. The lowest BCUT2D eigenvalue weighted by atomic mass is 10.0. The quantitative estimate of drug-likeness (QED) is 0.316. The van der Waals surface area contributed by atoms with Crippen molar-refractivity contribution in [3.8, 4) is 0 Å². The van der Waals surface area contributed by atoms with Crippen molar-refractivity contribution in [2.75, 3.05) is 11.9 Å². The van der Waals surface area contributed by atoms with Crippen LogP contribution in [0.5, 0.6) is 0 Å². The predicted octanol–water partition coefficient (Wildman–Crippen LogP) is 5.37. The number of nitrogens with one attached hydrogen (secondary N) is 2. The van der Waals surface area contributed by atoms with Crippen LogP contribution in [0.3, 0.4) is 0 Å². The highest BCUT2D eigenvalue weighted by atomic mass is 35.5. The molecule has 0 spiro atoms. The van der Waals surface area contributed by atoms with E-state index in [0.29, 0.717) is 18.2 Å². The second kappa shape index (κ2) is 9.98. The van der Waals surface area contributed by atoms with Crippen LogP contribution in [0.25, 0.3) is 0 Å². The molecule has 0 saturated carbocycles. The maximum absolute atomic E-state index is 13.0. The summed E-state index contributed by atoms with van der Waals surface area (Å²) in [6, 6.07) is 3.32. The zero-order valence-corrected chi connectivity index (χ0v) is 16.9. The highest BCUT2D eigenvalue weighted by Gasteiger charge is 2.36. The van der Waals surface area contributed by atoms with Gasteiger partial charge < -0.3 is 10.1 Å². The number of carbonyl (C=O) groups is 1. The van der Waals surface area contributed by atoms with Gasteiger partial charge in [0, 0.05) is 23.8 Å². The van der Waals surface area contributed by atoms with E-state index in [4.69, 9.17) is 21.7 Å². The number of allylic oxidation sites excluding steroid dienone is 1. The number of nitrogens with zero attached hydrogens (tertiary/aromatic N) is 2. The number of hydrogen-bond donors (Lipinski definition) is 2. The van der Waals surface area contributed by atoms with Crippen molar-refractivity contribution in [1.82, 2.24) is 9.97 Å². The molecule has 1 aromatic heterocycles. The van der Waals surface area contributed by atoms with E-state index in [2.05, 4.69) is 15.3 Å². The summed E-state index contributed by atoms with van der Waals surface area (Å²) < 4.78 is 82.3. The third-order valence-electron chi connectivity index (χ3n) is 3.84. The van der Waals surface area contributed by atoms with E-state index < -0.39 is 41.2 Å². The number of hydrogen-bond acceptors (Lipinski definition) is 6. The summed E-state index contributed by atoms with van der Waals surface area (Å²) in [7, 11) is 0. The van der Waals surface area contributed by atoms with Crippen molar-refractivity contribution in [2.45, 2.75) is 25.2 Å². The van der Waals surface area contributed by atoms with E-state index in [9.17, 15) is 31.1 Å². The third kappa shape index (κ3) is 6.67. The molecular weight excluding hydrogens is 466 g/mol. The Morgan fingerprint density at radius 2 is 1.72 bits per heavy atom. The Morgan fingerprint density at radius 3 is 2.19 bits per heavy atom. The van der Waals surface area contributed by atoms with Crippen LogP contribution in [0.4, 0.5) is 32.0 Å². The van der Waals surface area contributed by atoms with Gasteiger partial charge in [0.15, 0.2) is 5.92 Å². The fourth-order valence-electron chi connectivity index (χ4n) is 2.41. The van der Waals surface area contributed by atoms with Gasteiger partial charge in [0.2, 0.25) is 0 Å². The second-order valence-corrected chi connectivity index (χ2v) is 6.59. The monoisotopic (exact) mass is 480 g/mol. The molecular formula is C19H15ClF6N4O2.